The molecule has 0 unspecified atom stereocenters. The van der Waals surface area contributed by atoms with Gasteiger partial charge in [0.15, 0.2) is 5.82 Å². The molecule has 2 aromatic rings. The first-order chi connectivity index (χ1) is 9.13. The SMILES string of the molecule is Cc1ccc(F)c(-c2nnc(CN)n2C2CC2)c1F. The molecule has 0 radical (unpaired) electrons. The van der Waals surface area contributed by atoms with Crippen molar-refractivity contribution in [3.63, 3.8) is 0 Å². The highest BCUT2D eigenvalue weighted by molar-refractivity contribution is 5.59. The van der Waals surface area contributed by atoms with Crippen LogP contribution in [-0.4, -0.2) is 14.8 Å². The van der Waals surface area contributed by atoms with Crippen LogP contribution < -0.4 is 5.73 Å². The van der Waals surface area contributed by atoms with Crippen LogP contribution in [0.1, 0.15) is 30.3 Å². The number of hydrogen-bond acceptors (Lipinski definition) is 3. The van der Waals surface area contributed by atoms with Gasteiger partial charge in [-0.15, -0.1) is 10.2 Å². The first-order valence-corrected chi connectivity index (χ1v) is 6.22. The predicted octanol–water partition coefficient (Wildman–Crippen LogP) is 2.33. The highest BCUT2D eigenvalue weighted by atomic mass is 19.1. The van der Waals surface area contributed by atoms with Crippen molar-refractivity contribution in [2.45, 2.75) is 32.4 Å². The number of nitrogens with two attached hydrogens (primary N) is 1. The van der Waals surface area contributed by atoms with E-state index in [2.05, 4.69) is 10.2 Å². The molecule has 0 atom stereocenters. The largest absolute Gasteiger partial charge is 0.324 e. The number of halogens is 2. The molecular formula is C13H14F2N4. The first kappa shape index (κ1) is 12.2. The number of benzene rings is 1. The van der Waals surface area contributed by atoms with E-state index < -0.39 is 11.6 Å². The third-order valence-corrected chi connectivity index (χ3v) is 3.37. The Bertz CT molecular complexity index is 632. The van der Waals surface area contributed by atoms with E-state index in [0.717, 1.165) is 12.8 Å². The van der Waals surface area contributed by atoms with Crippen molar-refractivity contribution in [3.8, 4) is 11.4 Å². The van der Waals surface area contributed by atoms with Gasteiger partial charge in [-0.2, -0.15) is 0 Å². The summed E-state index contributed by atoms with van der Waals surface area (Å²) in [4.78, 5) is 0. The molecule has 19 heavy (non-hydrogen) atoms. The van der Waals surface area contributed by atoms with Crippen LogP contribution >= 0.6 is 0 Å². The molecule has 1 saturated carbocycles. The number of aromatic nitrogens is 3. The molecule has 4 nitrogen and oxygen atoms in total. The summed E-state index contributed by atoms with van der Waals surface area (Å²) in [6, 6.07) is 2.88. The summed E-state index contributed by atoms with van der Waals surface area (Å²) in [7, 11) is 0. The van der Waals surface area contributed by atoms with E-state index >= 15 is 0 Å². The molecule has 1 heterocycles. The fraction of sp³-hybridized carbons (Fsp3) is 0.385. The Morgan fingerprint density at radius 2 is 2.05 bits per heavy atom. The Balaban J connectivity index is 2.22. The summed E-state index contributed by atoms with van der Waals surface area (Å²) in [6.45, 7) is 1.80. The van der Waals surface area contributed by atoms with Crippen LogP contribution in [0.2, 0.25) is 0 Å². The molecule has 1 aromatic heterocycles. The van der Waals surface area contributed by atoms with Crippen LogP contribution in [-0.2, 0) is 6.54 Å². The Morgan fingerprint density at radius 3 is 2.68 bits per heavy atom. The molecule has 0 amide bonds. The number of nitrogens with zero attached hydrogens (tertiary/aromatic N) is 3. The van der Waals surface area contributed by atoms with Gasteiger partial charge in [-0.3, -0.25) is 0 Å². The quantitative estimate of drug-likeness (QED) is 0.925. The van der Waals surface area contributed by atoms with Crippen LogP contribution in [0.3, 0.4) is 0 Å². The van der Waals surface area contributed by atoms with Crippen molar-refractivity contribution in [1.82, 2.24) is 14.8 Å². The molecule has 6 heteroatoms. The zero-order valence-electron chi connectivity index (χ0n) is 10.5. The van der Waals surface area contributed by atoms with Gasteiger partial charge in [0, 0.05) is 6.04 Å². The lowest BCUT2D eigenvalue weighted by Gasteiger charge is -2.10. The zero-order chi connectivity index (χ0) is 13.6. The van der Waals surface area contributed by atoms with E-state index in [9.17, 15) is 8.78 Å². The molecule has 1 fully saturated rings. The summed E-state index contributed by atoms with van der Waals surface area (Å²) < 4.78 is 29.9. The third-order valence-electron chi connectivity index (χ3n) is 3.37. The molecular weight excluding hydrogens is 250 g/mol. The van der Waals surface area contributed by atoms with Gasteiger partial charge in [-0.05, 0) is 31.4 Å². The van der Waals surface area contributed by atoms with Crippen molar-refractivity contribution < 1.29 is 8.78 Å². The first-order valence-electron chi connectivity index (χ1n) is 6.22. The normalized spacial score (nSPS) is 14.9. The number of aryl methyl sites for hydroxylation is 1. The van der Waals surface area contributed by atoms with Gasteiger partial charge in [0.1, 0.15) is 17.5 Å². The Hall–Kier alpha value is -1.82. The summed E-state index contributed by atoms with van der Waals surface area (Å²) in [5, 5.41) is 7.87. The van der Waals surface area contributed by atoms with Crippen molar-refractivity contribution in [3.05, 3.63) is 35.2 Å². The molecule has 0 saturated heterocycles. The Labute approximate surface area is 109 Å². The molecule has 0 aliphatic heterocycles. The summed E-state index contributed by atoms with van der Waals surface area (Å²) >= 11 is 0. The molecule has 2 N–H and O–H groups in total. The maximum absolute atomic E-state index is 14.2. The van der Waals surface area contributed by atoms with Gasteiger partial charge in [-0.1, -0.05) is 6.07 Å². The second-order valence-corrected chi connectivity index (χ2v) is 4.80. The lowest BCUT2D eigenvalue weighted by atomic mass is 10.1. The zero-order valence-corrected chi connectivity index (χ0v) is 10.5. The van der Waals surface area contributed by atoms with E-state index in [1.165, 1.54) is 12.1 Å². The van der Waals surface area contributed by atoms with Gasteiger partial charge >= 0.3 is 0 Å². The number of rotatable bonds is 3. The van der Waals surface area contributed by atoms with Gasteiger partial charge in [-0.25, -0.2) is 8.78 Å². The van der Waals surface area contributed by atoms with Crippen molar-refractivity contribution in [1.29, 1.82) is 0 Å². The predicted molar refractivity (Wildman–Crippen MR) is 66.3 cm³/mol. The van der Waals surface area contributed by atoms with Crippen LogP contribution in [0.15, 0.2) is 12.1 Å². The Morgan fingerprint density at radius 1 is 1.32 bits per heavy atom. The molecule has 0 bridgehead atoms. The average Bonchev–Trinajstić information content (AvgIpc) is 3.15. The minimum atomic E-state index is -0.624. The van der Waals surface area contributed by atoms with Gasteiger partial charge in [0.2, 0.25) is 0 Å². The van der Waals surface area contributed by atoms with E-state index in [0.29, 0.717) is 11.4 Å². The molecule has 3 rings (SSSR count). The second-order valence-electron chi connectivity index (χ2n) is 4.80. The maximum atomic E-state index is 14.2. The third kappa shape index (κ3) is 1.92. The summed E-state index contributed by atoms with van der Waals surface area (Å²) in [5.74, 6) is -0.404. The minimum Gasteiger partial charge on any atom is -0.324 e. The average molecular weight is 264 g/mol. The molecule has 0 spiro atoms. The van der Waals surface area contributed by atoms with E-state index in [1.807, 2.05) is 0 Å². The maximum Gasteiger partial charge on any atom is 0.170 e. The smallest absolute Gasteiger partial charge is 0.170 e. The highest BCUT2D eigenvalue weighted by Crippen LogP contribution is 2.40. The van der Waals surface area contributed by atoms with Crippen molar-refractivity contribution >= 4 is 0 Å². The van der Waals surface area contributed by atoms with E-state index in [-0.39, 0.29) is 24.0 Å². The minimum absolute atomic E-state index is 0.112. The van der Waals surface area contributed by atoms with E-state index in [1.54, 1.807) is 11.5 Å². The van der Waals surface area contributed by atoms with Crippen LogP contribution in [0, 0.1) is 18.6 Å². The monoisotopic (exact) mass is 264 g/mol. The lowest BCUT2D eigenvalue weighted by molar-refractivity contribution is 0.577. The molecule has 1 aliphatic carbocycles. The lowest BCUT2D eigenvalue weighted by Crippen LogP contribution is -2.09. The van der Waals surface area contributed by atoms with Gasteiger partial charge in [0.05, 0.1) is 12.1 Å². The van der Waals surface area contributed by atoms with Crippen molar-refractivity contribution in [2.75, 3.05) is 0 Å². The standard InChI is InChI=1S/C13H14F2N4/c1-7-2-5-9(14)11(12(7)15)13-18-17-10(6-16)19(13)8-3-4-8/h2,5,8H,3-4,6,16H2,1H3. The number of hydrogen-bond donors (Lipinski definition) is 1. The molecule has 1 aliphatic rings. The Kier molecular flexibility index (Phi) is 2.82. The van der Waals surface area contributed by atoms with Gasteiger partial charge in [0.25, 0.3) is 0 Å². The van der Waals surface area contributed by atoms with Crippen molar-refractivity contribution in [2.24, 2.45) is 5.73 Å². The second kappa shape index (κ2) is 4.38. The van der Waals surface area contributed by atoms with E-state index in [4.69, 9.17) is 5.73 Å². The fourth-order valence-corrected chi connectivity index (χ4v) is 2.21. The highest BCUT2D eigenvalue weighted by Gasteiger charge is 2.31. The fourth-order valence-electron chi connectivity index (χ4n) is 2.21. The van der Waals surface area contributed by atoms with Crippen LogP contribution in [0.25, 0.3) is 11.4 Å². The van der Waals surface area contributed by atoms with Gasteiger partial charge < -0.3 is 10.3 Å². The molecule has 1 aromatic carbocycles. The van der Waals surface area contributed by atoms with Crippen LogP contribution in [0.4, 0.5) is 8.78 Å². The molecule has 100 valence electrons. The summed E-state index contributed by atoms with van der Waals surface area (Å²) in [5.41, 5.74) is 5.88. The van der Waals surface area contributed by atoms with Crippen LogP contribution in [0.5, 0.6) is 0 Å². The topological polar surface area (TPSA) is 56.7 Å². The summed E-state index contributed by atoms with van der Waals surface area (Å²) in [6.07, 6.45) is 1.93.